The fourth-order valence-electron chi connectivity index (χ4n) is 3.05. The van der Waals surface area contributed by atoms with Crippen molar-refractivity contribution in [2.24, 2.45) is 0 Å². The number of benzene rings is 2. The molecular weight excluding hydrogens is 429 g/mol. The van der Waals surface area contributed by atoms with Gasteiger partial charge in [-0.3, -0.25) is 10.1 Å². The molecule has 0 unspecified atom stereocenters. The van der Waals surface area contributed by atoms with Gasteiger partial charge in [0.25, 0.3) is 0 Å². The van der Waals surface area contributed by atoms with Crippen LogP contribution in [-0.4, -0.2) is 31.4 Å². The highest BCUT2D eigenvalue weighted by Crippen LogP contribution is 2.27. The Morgan fingerprint density at radius 2 is 1.88 bits per heavy atom. The first-order valence-electron chi connectivity index (χ1n) is 10.1. The molecule has 0 aliphatic carbocycles. The standard InChI is InChI=1S/C23H22FN5O2S/c1-15(2)21-27-28-22(31-21)26-20(30)14-32-23-25-12-19(17-8-10-18(24)11-9-17)29(23)13-16-6-4-3-5-7-16/h3-12,15H,13-14H2,1-2H3,(H,26,28,30). The maximum Gasteiger partial charge on any atom is 0.322 e. The van der Waals surface area contributed by atoms with Crippen LogP contribution in [0.15, 0.2) is 70.4 Å². The van der Waals surface area contributed by atoms with Crippen LogP contribution in [0.2, 0.25) is 0 Å². The summed E-state index contributed by atoms with van der Waals surface area (Å²) in [5, 5.41) is 11.1. The third-order valence-corrected chi connectivity index (χ3v) is 5.65. The number of halogens is 1. The third kappa shape index (κ3) is 5.23. The smallest absolute Gasteiger partial charge is 0.322 e. The first-order chi connectivity index (χ1) is 15.5. The van der Waals surface area contributed by atoms with E-state index in [0.717, 1.165) is 16.8 Å². The van der Waals surface area contributed by atoms with Crippen LogP contribution >= 0.6 is 11.8 Å². The minimum Gasteiger partial charge on any atom is -0.408 e. The first-order valence-corrected chi connectivity index (χ1v) is 11.1. The number of hydrogen-bond donors (Lipinski definition) is 1. The van der Waals surface area contributed by atoms with Crippen molar-refractivity contribution in [2.45, 2.75) is 31.5 Å². The second-order valence-electron chi connectivity index (χ2n) is 7.44. The van der Waals surface area contributed by atoms with E-state index < -0.39 is 0 Å². The van der Waals surface area contributed by atoms with Gasteiger partial charge in [-0.05, 0) is 35.4 Å². The van der Waals surface area contributed by atoms with Gasteiger partial charge in [-0.25, -0.2) is 9.37 Å². The van der Waals surface area contributed by atoms with Gasteiger partial charge in [-0.15, -0.1) is 5.10 Å². The summed E-state index contributed by atoms with van der Waals surface area (Å²) in [4.78, 5) is 16.9. The number of nitrogens with one attached hydrogen (secondary N) is 1. The van der Waals surface area contributed by atoms with E-state index in [9.17, 15) is 9.18 Å². The van der Waals surface area contributed by atoms with Gasteiger partial charge in [-0.2, -0.15) is 0 Å². The molecule has 1 N–H and O–H groups in total. The molecule has 9 heteroatoms. The normalized spacial score (nSPS) is 11.1. The molecule has 0 saturated carbocycles. The van der Waals surface area contributed by atoms with Crippen molar-refractivity contribution in [3.63, 3.8) is 0 Å². The van der Waals surface area contributed by atoms with E-state index in [0.29, 0.717) is 17.6 Å². The van der Waals surface area contributed by atoms with Crippen molar-refractivity contribution in [3.05, 3.63) is 78.1 Å². The molecule has 7 nitrogen and oxygen atoms in total. The maximum atomic E-state index is 13.4. The Morgan fingerprint density at radius 1 is 1.12 bits per heavy atom. The van der Waals surface area contributed by atoms with Crippen LogP contribution in [0.5, 0.6) is 0 Å². The Morgan fingerprint density at radius 3 is 2.56 bits per heavy atom. The third-order valence-electron chi connectivity index (χ3n) is 4.66. The molecule has 0 aliphatic heterocycles. The van der Waals surface area contributed by atoms with Crippen LogP contribution in [0, 0.1) is 5.82 Å². The topological polar surface area (TPSA) is 85.8 Å². The summed E-state index contributed by atoms with van der Waals surface area (Å²) in [5.74, 6) is 0.101. The summed E-state index contributed by atoms with van der Waals surface area (Å²) in [6, 6.07) is 16.3. The lowest BCUT2D eigenvalue weighted by Crippen LogP contribution is -2.15. The number of imidazole rings is 1. The highest BCUT2D eigenvalue weighted by atomic mass is 32.2. The number of anilines is 1. The van der Waals surface area contributed by atoms with Gasteiger partial charge in [-0.1, -0.05) is 61.0 Å². The molecule has 0 bridgehead atoms. The number of rotatable bonds is 8. The number of aromatic nitrogens is 4. The average Bonchev–Trinajstić information content (AvgIpc) is 3.41. The van der Waals surface area contributed by atoms with Crippen molar-refractivity contribution in [1.29, 1.82) is 0 Å². The SMILES string of the molecule is CC(C)c1nnc(NC(=O)CSc2ncc(-c3ccc(F)cc3)n2Cc2ccccc2)o1. The van der Waals surface area contributed by atoms with Gasteiger partial charge in [0.2, 0.25) is 11.8 Å². The summed E-state index contributed by atoms with van der Waals surface area (Å²) >= 11 is 1.30. The zero-order valence-electron chi connectivity index (χ0n) is 17.7. The minimum absolute atomic E-state index is 0.0814. The fraction of sp³-hybridized carbons (Fsp3) is 0.217. The molecule has 0 fully saturated rings. The second-order valence-corrected chi connectivity index (χ2v) is 8.38. The van der Waals surface area contributed by atoms with Crippen molar-refractivity contribution in [2.75, 3.05) is 11.1 Å². The predicted octanol–water partition coefficient (Wildman–Crippen LogP) is 4.97. The van der Waals surface area contributed by atoms with Crippen LogP contribution in [-0.2, 0) is 11.3 Å². The Labute approximate surface area is 189 Å². The molecule has 0 atom stereocenters. The van der Waals surface area contributed by atoms with E-state index in [4.69, 9.17) is 4.42 Å². The van der Waals surface area contributed by atoms with Gasteiger partial charge in [0, 0.05) is 5.92 Å². The van der Waals surface area contributed by atoms with Gasteiger partial charge in [0.1, 0.15) is 5.82 Å². The molecule has 2 aromatic heterocycles. The fourth-order valence-corrected chi connectivity index (χ4v) is 3.83. The first kappa shape index (κ1) is 21.8. The summed E-state index contributed by atoms with van der Waals surface area (Å²) in [7, 11) is 0. The lowest BCUT2D eigenvalue weighted by molar-refractivity contribution is -0.113. The lowest BCUT2D eigenvalue weighted by atomic mass is 10.1. The molecule has 2 heterocycles. The van der Waals surface area contributed by atoms with Crippen LogP contribution in [0.3, 0.4) is 0 Å². The van der Waals surface area contributed by atoms with Crippen LogP contribution in [0.25, 0.3) is 11.3 Å². The van der Waals surface area contributed by atoms with E-state index in [-0.39, 0.29) is 29.4 Å². The highest BCUT2D eigenvalue weighted by molar-refractivity contribution is 7.99. The van der Waals surface area contributed by atoms with Gasteiger partial charge < -0.3 is 8.98 Å². The van der Waals surface area contributed by atoms with Crippen molar-refractivity contribution < 1.29 is 13.6 Å². The molecule has 0 radical (unpaired) electrons. The Balaban J connectivity index is 1.52. The molecule has 32 heavy (non-hydrogen) atoms. The molecule has 0 aliphatic rings. The zero-order valence-corrected chi connectivity index (χ0v) is 18.5. The van der Waals surface area contributed by atoms with Crippen molar-refractivity contribution in [3.8, 4) is 11.3 Å². The van der Waals surface area contributed by atoms with E-state index in [1.54, 1.807) is 18.3 Å². The molecular formula is C23H22FN5O2S. The molecule has 164 valence electrons. The van der Waals surface area contributed by atoms with Crippen molar-refractivity contribution >= 4 is 23.7 Å². The highest BCUT2D eigenvalue weighted by Gasteiger charge is 2.16. The Kier molecular flexibility index (Phi) is 6.65. The second kappa shape index (κ2) is 9.78. The van der Waals surface area contributed by atoms with Gasteiger partial charge in [0.05, 0.1) is 24.2 Å². The minimum atomic E-state index is -0.296. The Bertz CT molecular complexity index is 1190. The van der Waals surface area contributed by atoms with Crippen LogP contribution in [0.1, 0.15) is 31.2 Å². The van der Waals surface area contributed by atoms with E-state index >= 15 is 0 Å². The summed E-state index contributed by atoms with van der Waals surface area (Å²) in [6.45, 7) is 4.43. The summed E-state index contributed by atoms with van der Waals surface area (Å²) in [5.41, 5.74) is 2.78. The van der Waals surface area contributed by atoms with E-state index in [1.165, 1.54) is 23.9 Å². The Hall–Kier alpha value is -3.46. The molecule has 2 aromatic carbocycles. The van der Waals surface area contributed by atoms with Crippen LogP contribution in [0.4, 0.5) is 10.4 Å². The largest absolute Gasteiger partial charge is 0.408 e. The monoisotopic (exact) mass is 451 g/mol. The van der Waals surface area contributed by atoms with Gasteiger partial charge in [0.15, 0.2) is 5.16 Å². The lowest BCUT2D eigenvalue weighted by Gasteiger charge is -2.12. The van der Waals surface area contributed by atoms with E-state index in [2.05, 4.69) is 20.5 Å². The number of amides is 1. The van der Waals surface area contributed by atoms with E-state index in [1.807, 2.05) is 48.7 Å². The molecule has 0 spiro atoms. The maximum absolute atomic E-state index is 13.4. The summed E-state index contributed by atoms with van der Waals surface area (Å²) in [6.07, 6.45) is 1.74. The van der Waals surface area contributed by atoms with Crippen LogP contribution < -0.4 is 5.32 Å². The number of hydrogen-bond acceptors (Lipinski definition) is 6. The number of carbonyl (C=O) groups excluding carboxylic acids is 1. The predicted molar refractivity (Wildman–Crippen MR) is 121 cm³/mol. The quantitative estimate of drug-likeness (QED) is 0.381. The number of carbonyl (C=O) groups is 1. The molecule has 0 saturated heterocycles. The average molecular weight is 452 g/mol. The zero-order chi connectivity index (χ0) is 22.5. The summed E-state index contributed by atoms with van der Waals surface area (Å²) < 4.78 is 20.8. The van der Waals surface area contributed by atoms with Gasteiger partial charge >= 0.3 is 6.01 Å². The molecule has 4 rings (SSSR count). The van der Waals surface area contributed by atoms with Crippen molar-refractivity contribution in [1.82, 2.24) is 19.7 Å². The number of nitrogens with zero attached hydrogens (tertiary/aromatic N) is 4. The molecule has 1 amide bonds. The number of thioether (sulfide) groups is 1. The molecule has 4 aromatic rings.